The summed E-state index contributed by atoms with van der Waals surface area (Å²) in [6.45, 7) is 1.92. The SMILES string of the molecule is Cc1cccc(F)c1-n1cc(CNC(=O)CN)nn1. The fraction of sp³-hybridized carbons (Fsp3) is 0.250. The van der Waals surface area contributed by atoms with Crippen molar-refractivity contribution >= 4 is 5.91 Å². The summed E-state index contributed by atoms with van der Waals surface area (Å²) in [7, 11) is 0. The molecule has 0 saturated heterocycles. The number of para-hydroxylation sites is 1. The average Bonchev–Trinajstić information content (AvgIpc) is 2.84. The molecule has 0 aliphatic heterocycles. The maximum atomic E-state index is 13.7. The maximum absolute atomic E-state index is 13.7. The average molecular weight is 263 g/mol. The van der Waals surface area contributed by atoms with Gasteiger partial charge in [0.05, 0.1) is 19.3 Å². The van der Waals surface area contributed by atoms with Gasteiger partial charge >= 0.3 is 0 Å². The van der Waals surface area contributed by atoms with Crippen LogP contribution in [0.25, 0.3) is 5.69 Å². The standard InChI is InChI=1S/C12H14FN5O/c1-8-3-2-4-10(13)12(8)18-7-9(16-17-18)6-15-11(19)5-14/h2-4,7H,5-6,14H2,1H3,(H,15,19). The molecule has 1 amide bonds. The van der Waals surface area contributed by atoms with Crippen molar-refractivity contribution in [1.29, 1.82) is 0 Å². The molecule has 0 fully saturated rings. The van der Waals surface area contributed by atoms with E-state index in [0.29, 0.717) is 11.4 Å². The molecule has 2 rings (SSSR count). The van der Waals surface area contributed by atoms with Gasteiger partial charge in [0.15, 0.2) is 0 Å². The van der Waals surface area contributed by atoms with Gasteiger partial charge in [0.25, 0.3) is 0 Å². The summed E-state index contributed by atoms with van der Waals surface area (Å²) in [5.74, 6) is -0.654. The van der Waals surface area contributed by atoms with Crippen LogP contribution in [0.1, 0.15) is 11.3 Å². The van der Waals surface area contributed by atoms with E-state index in [9.17, 15) is 9.18 Å². The fourth-order valence-electron chi connectivity index (χ4n) is 1.66. The molecule has 0 unspecified atom stereocenters. The number of carbonyl (C=O) groups is 1. The summed E-state index contributed by atoms with van der Waals surface area (Å²) in [4.78, 5) is 11.0. The molecule has 1 aromatic heterocycles. The molecular formula is C12H14FN5O. The zero-order valence-corrected chi connectivity index (χ0v) is 10.4. The number of nitrogens with two attached hydrogens (primary N) is 1. The maximum Gasteiger partial charge on any atom is 0.234 e. The Balaban J connectivity index is 2.19. The van der Waals surface area contributed by atoms with Crippen LogP contribution in [-0.2, 0) is 11.3 Å². The van der Waals surface area contributed by atoms with E-state index in [1.807, 2.05) is 0 Å². The topological polar surface area (TPSA) is 85.8 Å². The molecule has 7 heteroatoms. The quantitative estimate of drug-likeness (QED) is 0.830. The van der Waals surface area contributed by atoms with E-state index >= 15 is 0 Å². The van der Waals surface area contributed by atoms with E-state index in [4.69, 9.17) is 5.73 Å². The van der Waals surface area contributed by atoms with Crippen molar-refractivity contribution in [2.75, 3.05) is 6.54 Å². The van der Waals surface area contributed by atoms with Gasteiger partial charge in [-0.15, -0.1) is 5.10 Å². The molecule has 0 saturated carbocycles. The number of nitrogens with zero attached hydrogens (tertiary/aromatic N) is 3. The number of benzene rings is 1. The van der Waals surface area contributed by atoms with Crippen molar-refractivity contribution < 1.29 is 9.18 Å². The van der Waals surface area contributed by atoms with Crippen molar-refractivity contribution in [2.45, 2.75) is 13.5 Å². The number of hydrogen-bond donors (Lipinski definition) is 2. The van der Waals surface area contributed by atoms with E-state index in [0.717, 1.165) is 5.56 Å². The van der Waals surface area contributed by atoms with E-state index in [-0.39, 0.29) is 24.8 Å². The zero-order valence-electron chi connectivity index (χ0n) is 10.4. The molecule has 0 atom stereocenters. The third kappa shape index (κ3) is 2.94. The highest BCUT2D eigenvalue weighted by atomic mass is 19.1. The van der Waals surface area contributed by atoms with Gasteiger partial charge in [0.1, 0.15) is 17.2 Å². The molecule has 19 heavy (non-hydrogen) atoms. The van der Waals surface area contributed by atoms with Crippen LogP contribution in [-0.4, -0.2) is 27.4 Å². The molecule has 2 aromatic rings. The first kappa shape index (κ1) is 13.2. The lowest BCUT2D eigenvalue weighted by atomic mass is 10.2. The number of aromatic nitrogens is 3. The molecule has 6 nitrogen and oxygen atoms in total. The Hall–Kier alpha value is -2.28. The van der Waals surface area contributed by atoms with Crippen LogP contribution in [0.5, 0.6) is 0 Å². The first-order chi connectivity index (χ1) is 9.11. The lowest BCUT2D eigenvalue weighted by molar-refractivity contribution is -0.119. The summed E-state index contributed by atoms with van der Waals surface area (Å²) >= 11 is 0. The minimum absolute atomic E-state index is 0.0828. The predicted molar refractivity (Wildman–Crippen MR) is 67.0 cm³/mol. The van der Waals surface area contributed by atoms with Gasteiger partial charge in [-0.25, -0.2) is 9.07 Å². The van der Waals surface area contributed by atoms with Crippen LogP contribution in [0.4, 0.5) is 4.39 Å². The minimum atomic E-state index is -0.373. The molecule has 1 aromatic carbocycles. The first-order valence-corrected chi connectivity index (χ1v) is 5.75. The van der Waals surface area contributed by atoms with Crippen molar-refractivity contribution in [3.63, 3.8) is 0 Å². The minimum Gasteiger partial charge on any atom is -0.349 e. The molecule has 0 spiro atoms. The van der Waals surface area contributed by atoms with Crippen LogP contribution in [0.15, 0.2) is 24.4 Å². The number of carbonyl (C=O) groups excluding carboxylic acids is 1. The fourth-order valence-corrected chi connectivity index (χ4v) is 1.66. The normalized spacial score (nSPS) is 10.5. The predicted octanol–water partition coefficient (Wildman–Crippen LogP) is 0.290. The second-order valence-corrected chi connectivity index (χ2v) is 4.04. The van der Waals surface area contributed by atoms with Gasteiger partial charge in [-0.1, -0.05) is 17.3 Å². The molecular weight excluding hydrogens is 249 g/mol. The van der Waals surface area contributed by atoms with Crippen molar-refractivity contribution in [2.24, 2.45) is 5.73 Å². The van der Waals surface area contributed by atoms with Crippen LogP contribution >= 0.6 is 0 Å². The Labute approximate surface area is 109 Å². The molecule has 0 bridgehead atoms. The van der Waals surface area contributed by atoms with Gasteiger partial charge in [-0.2, -0.15) is 0 Å². The highest BCUT2D eigenvalue weighted by Crippen LogP contribution is 2.16. The third-order valence-electron chi connectivity index (χ3n) is 2.61. The Morgan fingerprint density at radius 3 is 3.00 bits per heavy atom. The Bertz CT molecular complexity index is 575. The Morgan fingerprint density at radius 2 is 2.32 bits per heavy atom. The van der Waals surface area contributed by atoms with Gasteiger partial charge in [-0.05, 0) is 18.6 Å². The zero-order chi connectivity index (χ0) is 13.8. The van der Waals surface area contributed by atoms with Gasteiger partial charge < -0.3 is 11.1 Å². The monoisotopic (exact) mass is 263 g/mol. The lowest BCUT2D eigenvalue weighted by Gasteiger charge is -2.05. The largest absolute Gasteiger partial charge is 0.349 e. The molecule has 0 radical (unpaired) electrons. The van der Waals surface area contributed by atoms with Crippen LogP contribution in [0, 0.1) is 12.7 Å². The molecule has 0 aliphatic rings. The van der Waals surface area contributed by atoms with Crippen molar-refractivity contribution in [1.82, 2.24) is 20.3 Å². The van der Waals surface area contributed by atoms with Crippen LogP contribution < -0.4 is 11.1 Å². The summed E-state index contributed by atoms with van der Waals surface area (Å²) in [5.41, 5.74) is 6.81. The molecule has 1 heterocycles. The molecule has 0 aliphatic carbocycles. The number of hydrogen-bond acceptors (Lipinski definition) is 4. The molecule has 100 valence electrons. The number of halogens is 1. The van der Waals surface area contributed by atoms with Crippen LogP contribution in [0.3, 0.4) is 0 Å². The highest BCUT2D eigenvalue weighted by Gasteiger charge is 2.10. The van der Waals surface area contributed by atoms with E-state index in [1.165, 1.54) is 10.7 Å². The number of rotatable bonds is 4. The van der Waals surface area contributed by atoms with Gasteiger partial charge in [0.2, 0.25) is 5.91 Å². The molecule has 3 N–H and O–H groups in total. The van der Waals surface area contributed by atoms with E-state index in [1.54, 1.807) is 25.3 Å². The van der Waals surface area contributed by atoms with Crippen molar-refractivity contribution in [3.8, 4) is 5.69 Å². The smallest absolute Gasteiger partial charge is 0.234 e. The summed E-state index contributed by atoms with van der Waals surface area (Å²) in [5, 5.41) is 10.3. The number of nitrogens with one attached hydrogen (secondary N) is 1. The van der Waals surface area contributed by atoms with E-state index in [2.05, 4.69) is 15.6 Å². The second kappa shape index (κ2) is 5.57. The van der Waals surface area contributed by atoms with Gasteiger partial charge in [-0.3, -0.25) is 4.79 Å². The summed E-state index contributed by atoms with van der Waals surface area (Å²) in [6.07, 6.45) is 1.57. The number of amides is 1. The highest BCUT2D eigenvalue weighted by molar-refractivity contribution is 5.77. The summed E-state index contributed by atoms with van der Waals surface area (Å²) < 4.78 is 15.1. The lowest BCUT2D eigenvalue weighted by Crippen LogP contribution is -2.29. The van der Waals surface area contributed by atoms with Crippen LogP contribution in [0.2, 0.25) is 0 Å². The number of aryl methyl sites for hydroxylation is 1. The van der Waals surface area contributed by atoms with Crippen molar-refractivity contribution in [3.05, 3.63) is 41.5 Å². The summed E-state index contributed by atoms with van der Waals surface area (Å²) in [6, 6.07) is 4.78. The van der Waals surface area contributed by atoms with E-state index < -0.39 is 0 Å². The van der Waals surface area contributed by atoms with Gasteiger partial charge in [0, 0.05) is 0 Å². The third-order valence-corrected chi connectivity index (χ3v) is 2.61. The first-order valence-electron chi connectivity index (χ1n) is 5.75. The Kier molecular flexibility index (Phi) is 3.86. The Morgan fingerprint density at radius 1 is 1.53 bits per heavy atom. The second-order valence-electron chi connectivity index (χ2n) is 4.04.